The molecular weight excluding hydrogens is 257 g/mol. The van der Waals surface area contributed by atoms with Crippen LogP contribution >= 0.6 is 0 Å². The second-order valence-corrected chi connectivity index (χ2v) is 4.91. The highest BCUT2D eigenvalue weighted by Crippen LogP contribution is 2.23. The summed E-state index contributed by atoms with van der Waals surface area (Å²) in [7, 11) is 0. The van der Waals surface area contributed by atoms with E-state index < -0.39 is 0 Å². The number of hydrogen-bond donors (Lipinski definition) is 1. The Balaban J connectivity index is 2.03. The van der Waals surface area contributed by atoms with Crippen molar-refractivity contribution in [3.8, 4) is 11.6 Å². The van der Waals surface area contributed by atoms with Crippen LogP contribution in [0.2, 0.25) is 0 Å². The molecule has 1 N–H and O–H groups in total. The highest BCUT2D eigenvalue weighted by Gasteiger charge is 2.05. The number of nitrogens with one attached hydrogen (secondary N) is 1. The molecule has 0 aliphatic rings. The Morgan fingerprint density at radius 1 is 1.20 bits per heavy atom. The predicted molar refractivity (Wildman–Crippen MR) is 75.2 cm³/mol. The summed E-state index contributed by atoms with van der Waals surface area (Å²) in [5.41, 5.74) is 1.57. The minimum atomic E-state index is -0.281. The molecule has 0 bridgehead atoms. The summed E-state index contributed by atoms with van der Waals surface area (Å²) in [5, 5.41) is 11.4. The Morgan fingerprint density at radius 3 is 2.60 bits per heavy atom. The van der Waals surface area contributed by atoms with Gasteiger partial charge in [-0.1, -0.05) is 13.8 Å². The molecule has 1 aromatic carbocycles. The maximum atomic E-state index is 13.0. The quantitative estimate of drug-likeness (QED) is 0.910. The van der Waals surface area contributed by atoms with Gasteiger partial charge in [0.25, 0.3) is 0 Å². The first-order valence-electron chi connectivity index (χ1n) is 6.54. The number of rotatable bonds is 5. The number of hydrogen-bond acceptors (Lipinski definition) is 4. The van der Waals surface area contributed by atoms with Crippen LogP contribution in [0.25, 0.3) is 0 Å². The Morgan fingerprint density at radius 2 is 2.00 bits per heavy atom. The van der Waals surface area contributed by atoms with E-state index >= 15 is 0 Å². The molecule has 0 saturated heterocycles. The SMILES string of the molecule is Cc1cc(F)ccc1Oc1ccc(CNC(C)C)nn1. The number of benzene rings is 1. The molecule has 0 radical (unpaired) electrons. The highest BCUT2D eigenvalue weighted by molar-refractivity contribution is 5.35. The van der Waals surface area contributed by atoms with Crippen molar-refractivity contribution in [2.75, 3.05) is 0 Å². The summed E-state index contributed by atoms with van der Waals surface area (Å²) in [6.45, 7) is 6.59. The molecule has 0 unspecified atom stereocenters. The van der Waals surface area contributed by atoms with Crippen molar-refractivity contribution in [3.63, 3.8) is 0 Å². The topological polar surface area (TPSA) is 47.0 Å². The largest absolute Gasteiger partial charge is 0.437 e. The van der Waals surface area contributed by atoms with Crippen molar-refractivity contribution in [1.82, 2.24) is 15.5 Å². The first-order chi connectivity index (χ1) is 9.54. The molecule has 0 saturated carbocycles. The molecule has 1 heterocycles. The van der Waals surface area contributed by atoms with Crippen molar-refractivity contribution in [3.05, 3.63) is 47.4 Å². The second-order valence-electron chi connectivity index (χ2n) is 4.91. The maximum Gasteiger partial charge on any atom is 0.238 e. The van der Waals surface area contributed by atoms with Crippen molar-refractivity contribution < 1.29 is 9.13 Å². The van der Waals surface area contributed by atoms with Crippen molar-refractivity contribution in [2.45, 2.75) is 33.4 Å². The van der Waals surface area contributed by atoms with E-state index in [4.69, 9.17) is 4.74 Å². The van der Waals surface area contributed by atoms with Crippen LogP contribution in [-0.2, 0) is 6.54 Å². The fraction of sp³-hybridized carbons (Fsp3) is 0.333. The van der Waals surface area contributed by atoms with Gasteiger partial charge in [-0.3, -0.25) is 0 Å². The van der Waals surface area contributed by atoms with Crippen LogP contribution in [-0.4, -0.2) is 16.2 Å². The first kappa shape index (κ1) is 14.4. The minimum Gasteiger partial charge on any atom is -0.437 e. The van der Waals surface area contributed by atoms with Crippen LogP contribution in [0.4, 0.5) is 4.39 Å². The number of aryl methyl sites for hydroxylation is 1. The average Bonchev–Trinajstić information content (AvgIpc) is 2.41. The van der Waals surface area contributed by atoms with Crippen LogP contribution in [0.5, 0.6) is 11.6 Å². The zero-order valence-electron chi connectivity index (χ0n) is 11.9. The van der Waals surface area contributed by atoms with Crippen molar-refractivity contribution in [2.24, 2.45) is 0 Å². The summed E-state index contributed by atoms with van der Waals surface area (Å²) in [6.07, 6.45) is 0. The van der Waals surface area contributed by atoms with Crippen LogP contribution in [0.3, 0.4) is 0 Å². The van der Waals surface area contributed by atoms with Gasteiger partial charge in [0.05, 0.1) is 5.69 Å². The van der Waals surface area contributed by atoms with Crippen LogP contribution in [0.1, 0.15) is 25.1 Å². The van der Waals surface area contributed by atoms with E-state index in [0.717, 1.165) is 11.3 Å². The van der Waals surface area contributed by atoms with Crippen LogP contribution in [0, 0.1) is 12.7 Å². The van der Waals surface area contributed by atoms with Gasteiger partial charge in [0.15, 0.2) is 0 Å². The monoisotopic (exact) mass is 275 g/mol. The molecule has 4 nitrogen and oxygen atoms in total. The molecule has 0 spiro atoms. The minimum absolute atomic E-state index is 0.281. The Labute approximate surface area is 118 Å². The zero-order chi connectivity index (χ0) is 14.5. The summed E-state index contributed by atoms with van der Waals surface area (Å²) in [6, 6.07) is 8.37. The average molecular weight is 275 g/mol. The third-order valence-corrected chi connectivity index (χ3v) is 2.74. The molecule has 0 aliphatic carbocycles. The van der Waals surface area contributed by atoms with Gasteiger partial charge in [-0.2, -0.15) is 5.10 Å². The third-order valence-electron chi connectivity index (χ3n) is 2.74. The first-order valence-corrected chi connectivity index (χ1v) is 6.54. The van der Waals surface area contributed by atoms with E-state index in [0.29, 0.717) is 24.2 Å². The van der Waals surface area contributed by atoms with Gasteiger partial charge in [-0.15, -0.1) is 5.10 Å². The molecule has 0 atom stereocenters. The molecule has 0 fully saturated rings. The Hall–Kier alpha value is -2.01. The van der Waals surface area contributed by atoms with E-state index in [1.165, 1.54) is 12.1 Å². The van der Waals surface area contributed by atoms with Gasteiger partial charge >= 0.3 is 0 Å². The molecule has 2 rings (SSSR count). The summed E-state index contributed by atoms with van der Waals surface area (Å²) >= 11 is 0. The summed E-state index contributed by atoms with van der Waals surface area (Å²) in [5.74, 6) is 0.692. The van der Waals surface area contributed by atoms with E-state index in [9.17, 15) is 4.39 Å². The Bertz CT molecular complexity index is 570. The number of halogens is 1. The molecule has 0 aliphatic heterocycles. The van der Waals surface area contributed by atoms with Crippen molar-refractivity contribution >= 4 is 0 Å². The molecule has 5 heteroatoms. The van der Waals surface area contributed by atoms with Crippen LogP contribution in [0.15, 0.2) is 30.3 Å². The van der Waals surface area contributed by atoms with Gasteiger partial charge in [-0.25, -0.2) is 4.39 Å². The number of ether oxygens (including phenoxy) is 1. The van der Waals surface area contributed by atoms with E-state index in [2.05, 4.69) is 29.4 Å². The molecule has 0 amide bonds. The Kier molecular flexibility index (Phi) is 4.63. The van der Waals surface area contributed by atoms with E-state index in [-0.39, 0.29) is 5.82 Å². The van der Waals surface area contributed by atoms with Gasteiger partial charge in [0.1, 0.15) is 11.6 Å². The fourth-order valence-electron chi connectivity index (χ4n) is 1.65. The van der Waals surface area contributed by atoms with Gasteiger partial charge < -0.3 is 10.1 Å². The lowest BCUT2D eigenvalue weighted by molar-refractivity contribution is 0.447. The highest BCUT2D eigenvalue weighted by atomic mass is 19.1. The molecule has 1 aromatic heterocycles. The predicted octanol–water partition coefficient (Wildman–Crippen LogP) is 3.21. The van der Waals surface area contributed by atoms with Gasteiger partial charge in [0.2, 0.25) is 5.88 Å². The van der Waals surface area contributed by atoms with E-state index in [1.807, 2.05) is 6.07 Å². The summed E-state index contributed by atoms with van der Waals surface area (Å²) < 4.78 is 18.6. The number of nitrogens with zero attached hydrogens (tertiary/aromatic N) is 2. The second kappa shape index (κ2) is 6.43. The number of aromatic nitrogens is 2. The molecular formula is C15H18FN3O. The summed E-state index contributed by atoms with van der Waals surface area (Å²) in [4.78, 5) is 0. The third kappa shape index (κ3) is 3.99. The van der Waals surface area contributed by atoms with Gasteiger partial charge in [0, 0.05) is 18.7 Å². The zero-order valence-corrected chi connectivity index (χ0v) is 11.9. The lowest BCUT2D eigenvalue weighted by Gasteiger charge is -2.09. The fourth-order valence-corrected chi connectivity index (χ4v) is 1.65. The van der Waals surface area contributed by atoms with Gasteiger partial charge in [-0.05, 0) is 36.8 Å². The molecule has 20 heavy (non-hydrogen) atoms. The standard InChI is InChI=1S/C15H18FN3O/c1-10(2)17-9-13-5-7-15(19-18-13)20-14-6-4-12(16)8-11(14)3/h4-8,10,17H,9H2,1-3H3. The lowest BCUT2D eigenvalue weighted by atomic mass is 10.2. The maximum absolute atomic E-state index is 13.0. The molecule has 2 aromatic rings. The lowest BCUT2D eigenvalue weighted by Crippen LogP contribution is -2.22. The van der Waals surface area contributed by atoms with Crippen molar-refractivity contribution in [1.29, 1.82) is 0 Å². The smallest absolute Gasteiger partial charge is 0.238 e. The molecule has 106 valence electrons. The van der Waals surface area contributed by atoms with E-state index in [1.54, 1.807) is 19.1 Å². The normalized spacial score (nSPS) is 10.8. The van der Waals surface area contributed by atoms with Crippen LogP contribution < -0.4 is 10.1 Å².